The van der Waals surface area contributed by atoms with E-state index in [0.717, 1.165) is 11.1 Å². The van der Waals surface area contributed by atoms with E-state index in [1.165, 1.54) is 11.3 Å². The summed E-state index contributed by atoms with van der Waals surface area (Å²) in [5, 5.41) is 11.5. The van der Waals surface area contributed by atoms with Gasteiger partial charge in [-0.2, -0.15) is 4.99 Å². The Morgan fingerprint density at radius 2 is 1.85 bits per heavy atom. The minimum absolute atomic E-state index is 0.0947. The number of aromatic amines is 1. The fourth-order valence-corrected chi connectivity index (χ4v) is 4.68. The first-order chi connectivity index (χ1) is 15.7. The van der Waals surface area contributed by atoms with Crippen LogP contribution >= 0.6 is 34.5 Å². The topological polar surface area (TPSA) is 117 Å². The zero-order valence-corrected chi connectivity index (χ0v) is 19.4. The number of carboxylic acids is 1. The number of hydrogen-bond acceptors (Lipinski definition) is 4. The number of aliphatic carboxylic acids is 1. The van der Waals surface area contributed by atoms with E-state index in [1.54, 1.807) is 25.1 Å². The van der Waals surface area contributed by atoms with Crippen molar-refractivity contribution in [3.8, 4) is 0 Å². The molecule has 33 heavy (non-hydrogen) atoms. The van der Waals surface area contributed by atoms with Crippen LogP contribution in [0.4, 0.5) is 5.69 Å². The third-order valence-electron chi connectivity index (χ3n) is 4.78. The van der Waals surface area contributed by atoms with Crippen LogP contribution in [-0.4, -0.2) is 32.4 Å². The first-order valence-corrected chi connectivity index (χ1v) is 11.2. The molecular weight excluding hydrogens is 487 g/mol. The molecule has 0 aliphatic rings. The molecule has 11 heteroatoms. The number of carbonyl (C=O) groups excluding carboxylic acids is 2. The van der Waals surface area contributed by atoms with Crippen molar-refractivity contribution in [2.75, 3.05) is 5.32 Å². The van der Waals surface area contributed by atoms with E-state index >= 15 is 0 Å². The number of anilines is 1. The van der Waals surface area contributed by atoms with Gasteiger partial charge in [-0.3, -0.25) is 9.59 Å². The monoisotopic (exact) mass is 502 g/mol. The first-order valence-electron chi connectivity index (χ1n) is 9.59. The van der Waals surface area contributed by atoms with Crippen LogP contribution in [0.1, 0.15) is 21.7 Å². The maximum atomic E-state index is 12.9. The average molecular weight is 503 g/mol. The Balaban J connectivity index is 1.83. The van der Waals surface area contributed by atoms with E-state index in [9.17, 15) is 14.4 Å². The normalized spacial score (nSPS) is 11.7. The van der Waals surface area contributed by atoms with Gasteiger partial charge in [-0.15, -0.1) is 0 Å². The molecule has 0 aliphatic heterocycles. The molecular formula is C22H16Cl2N4O4S. The summed E-state index contributed by atoms with van der Waals surface area (Å²) >= 11 is 13.5. The summed E-state index contributed by atoms with van der Waals surface area (Å²) in [4.78, 5) is 42.8. The lowest BCUT2D eigenvalue weighted by Crippen LogP contribution is -2.21. The fourth-order valence-electron chi connectivity index (χ4n) is 3.20. The number of fused-ring (bicyclic) bond motifs is 1. The van der Waals surface area contributed by atoms with Crippen LogP contribution in [0.25, 0.3) is 10.2 Å². The lowest BCUT2D eigenvalue weighted by Gasteiger charge is -2.07. The third-order valence-corrected chi connectivity index (χ3v) is 6.77. The van der Waals surface area contributed by atoms with E-state index in [0.29, 0.717) is 27.4 Å². The maximum Gasteiger partial charge on any atom is 0.394 e. The molecule has 2 amide bonds. The Morgan fingerprint density at radius 3 is 2.48 bits per heavy atom. The second kappa shape index (κ2) is 9.22. The summed E-state index contributed by atoms with van der Waals surface area (Å²) in [6.07, 6.45) is 0. The number of rotatable bonds is 4. The van der Waals surface area contributed by atoms with E-state index in [-0.39, 0.29) is 15.7 Å². The van der Waals surface area contributed by atoms with Crippen LogP contribution in [0.5, 0.6) is 0 Å². The van der Waals surface area contributed by atoms with Gasteiger partial charge in [-0.1, -0.05) is 64.9 Å². The van der Waals surface area contributed by atoms with Gasteiger partial charge in [0, 0.05) is 11.4 Å². The van der Waals surface area contributed by atoms with Crippen molar-refractivity contribution in [1.82, 2.24) is 9.55 Å². The van der Waals surface area contributed by atoms with Gasteiger partial charge in [-0.25, -0.2) is 4.79 Å². The second-order valence-corrected chi connectivity index (χ2v) is 8.83. The SMILES string of the molecule is Cc1[nH]c(C(=O)N=c2sc3cc(NC(=O)C(=O)O)ccc3n2Cc2ccccc2)c(Cl)c1Cl. The van der Waals surface area contributed by atoms with E-state index < -0.39 is 17.8 Å². The molecule has 0 atom stereocenters. The highest BCUT2D eigenvalue weighted by Crippen LogP contribution is 2.29. The van der Waals surface area contributed by atoms with Gasteiger partial charge in [0.1, 0.15) is 5.69 Å². The highest BCUT2D eigenvalue weighted by Gasteiger charge is 2.19. The Bertz CT molecular complexity index is 1470. The van der Waals surface area contributed by atoms with Crippen LogP contribution < -0.4 is 10.1 Å². The second-order valence-electron chi connectivity index (χ2n) is 7.07. The quantitative estimate of drug-likeness (QED) is 0.357. The summed E-state index contributed by atoms with van der Waals surface area (Å²) in [5.74, 6) is -3.31. The lowest BCUT2D eigenvalue weighted by atomic mass is 10.2. The Morgan fingerprint density at radius 1 is 1.12 bits per heavy atom. The minimum Gasteiger partial charge on any atom is -0.474 e. The van der Waals surface area contributed by atoms with Crippen molar-refractivity contribution < 1.29 is 19.5 Å². The predicted octanol–water partition coefficient (Wildman–Crippen LogP) is 4.46. The number of carboxylic acid groups (broad SMARTS) is 1. The molecule has 0 spiro atoms. The van der Waals surface area contributed by atoms with Gasteiger partial charge in [0.15, 0.2) is 4.80 Å². The Kier molecular flexibility index (Phi) is 6.37. The van der Waals surface area contributed by atoms with E-state index in [4.69, 9.17) is 28.3 Å². The van der Waals surface area contributed by atoms with Gasteiger partial charge in [0.25, 0.3) is 5.91 Å². The lowest BCUT2D eigenvalue weighted by molar-refractivity contribution is -0.147. The third kappa shape index (κ3) is 4.70. The maximum absolute atomic E-state index is 12.9. The molecule has 8 nitrogen and oxygen atoms in total. The fraction of sp³-hybridized carbons (Fsp3) is 0.0909. The molecule has 3 N–H and O–H groups in total. The Hall–Kier alpha value is -3.40. The molecule has 2 heterocycles. The number of benzene rings is 2. The minimum atomic E-state index is -1.58. The molecule has 0 bridgehead atoms. The number of H-pyrrole nitrogens is 1. The van der Waals surface area contributed by atoms with Crippen LogP contribution in [0.3, 0.4) is 0 Å². The van der Waals surface area contributed by atoms with Gasteiger partial charge in [0.05, 0.1) is 26.8 Å². The first kappa shape index (κ1) is 22.8. The van der Waals surface area contributed by atoms with E-state index in [2.05, 4.69) is 15.3 Å². The summed E-state index contributed by atoms with van der Waals surface area (Å²) in [7, 11) is 0. The van der Waals surface area contributed by atoms with Crippen molar-refractivity contribution in [2.45, 2.75) is 13.5 Å². The number of thiazole rings is 1. The van der Waals surface area contributed by atoms with Gasteiger partial charge < -0.3 is 20.0 Å². The molecule has 0 saturated carbocycles. The molecule has 0 radical (unpaired) electrons. The molecule has 4 rings (SSSR count). The number of hydrogen-bond donors (Lipinski definition) is 3. The number of aryl methyl sites for hydroxylation is 1. The average Bonchev–Trinajstić information content (AvgIpc) is 3.25. The molecule has 0 unspecified atom stereocenters. The summed E-state index contributed by atoms with van der Waals surface area (Å²) < 4.78 is 2.56. The largest absolute Gasteiger partial charge is 0.474 e. The number of aromatic nitrogens is 2. The van der Waals surface area contributed by atoms with Gasteiger partial charge >= 0.3 is 11.9 Å². The summed E-state index contributed by atoms with van der Waals surface area (Å²) in [6, 6.07) is 14.6. The van der Waals surface area contributed by atoms with Crippen molar-refractivity contribution >= 4 is 68.2 Å². The number of nitrogens with one attached hydrogen (secondary N) is 2. The highest BCUT2D eigenvalue weighted by atomic mass is 35.5. The number of halogens is 2. The molecule has 0 saturated heterocycles. The molecule has 2 aromatic heterocycles. The smallest absolute Gasteiger partial charge is 0.394 e. The number of amides is 2. The van der Waals surface area contributed by atoms with Crippen molar-refractivity contribution in [1.29, 1.82) is 0 Å². The van der Waals surface area contributed by atoms with Crippen molar-refractivity contribution in [3.05, 3.63) is 80.3 Å². The zero-order chi connectivity index (χ0) is 23.7. The number of nitrogens with zero attached hydrogens (tertiary/aromatic N) is 2. The van der Waals surface area contributed by atoms with E-state index in [1.807, 2.05) is 34.9 Å². The molecule has 0 fully saturated rings. The van der Waals surface area contributed by atoms with Crippen molar-refractivity contribution in [2.24, 2.45) is 4.99 Å². The van der Waals surface area contributed by atoms with Crippen LogP contribution in [0.15, 0.2) is 53.5 Å². The predicted molar refractivity (Wildman–Crippen MR) is 127 cm³/mol. The molecule has 0 aliphatic carbocycles. The van der Waals surface area contributed by atoms with Gasteiger partial charge in [-0.05, 0) is 30.7 Å². The molecule has 4 aromatic rings. The molecule has 168 valence electrons. The summed E-state index contributed by atoms with van der Waals surface area (Å²) in [5.41, 5.74) is 2.72. The van der Waals surface area contributed by atoms with Crippen LogP contribution in [0, 0.1) is 6.92 Å². The summed E-state index contributed by atoms with van der Waals surface area (Å²) in [6.45, 7) is 2.14. The number of carbonyl (C=O) groups is 3. The zero-order valence-electron chi connectivity index (χ0n) is 17.1. The Labute approximate surface area is 201 Å². The highest BCUT2D eigenvalue weighted by molar-refractivity contribution is 7.16. The van der Waals surface area contributed by atoms with Crippen molar-refractivity contribution in [3.63, 3.8) is 0 Å². The van der Waals surface area contributed by atoms with Crippen LogP contribution in [0.2, 0.25) is 10.0 Å². The van der Waals surface area contributed by atoms with Gasteiger partial charge in [0.2, 0.25) is 0 Å². The molecule has 2 aromatic carbocycles. The van der Waals surface area contributed by atoms with Crippen LogP contribution in [-0.2, 0) is 16.1 Å². The standard InChI is InChI=1S/C22H16Cl2N4O4S/c1-11-16(23)17(24)18(25-11)19(29)27-22-28(10-12-5-3-2-4-6-12)14-8-7-13(9-15(14)33-22)26-20(30)21(31)32/h2-9,25H,10H2,1H3,(H,26,30)(H,31,32).